The van der Waals surface area contributed by atoms with Crippen molar-refractivity contribution in [1.29, 1.82) is 0 Å². The molecule has 2 aromatic rings. The normalized spacial score (nSPS) is 17.4. The van der Waals surface area contributed by atoms with Crippen LogP contribution in [0, 0.1) is 10.1 Å². The van der Waals surface area contributed by atoms with Crippen molar-refractivity contribution < 1.29 is 24.0 Å². The summed E-state index contributed by atoms with van der Waals surface area (Å²) in [7, 11) is 0. The first-order chi connectivity index (χ1) is 13.3. The number of amides is 2. The number of hydrogen-bond acceptors (Lipinski definition) is 8. The molecule has 0 spiro atoms. The van der Waals surface area contributed by atoms with Crippen molar-refractivity contribution in [2.45, 2.75) is 19.3 Å². The lowest BCUT2D eigenvalue weighted by Crippen LogP contribution is -2.40. The molecule has 2 heterocycles. The van der Waals surface area contributed by atoms with Crippen LogP contribution in [0.2, 0.25) is 0 Å². The van der Waals surface area contributed by atoms with Crippen molar-refractivity contribution in [2.24, 2.45) is 0 Å². The van der Waals surface area contributed by atoms with Gasteiger partial charge >= 0.3 is 5.97 Å². The summed E-state index contributed by atoms with van der Waals surface area (Å²) in [5, 5.41) is 16.4. The van der Waals surface area contributed by atoms with E-state index in [2.05, 4.69) is 20.6 Å². The molecule has 0 fully saturated rings. The number of esters is 1. The Morgan fingerprint density at radius 2 is 2.11 bits per heavy atom. The van der Waals surface area contributed by atoms with Gasteiger partial charge in [-0.15, -0.1) is 0 Å². The van der Waals surface area contributed by atoms with Gasteiger partial charge in [0.2, 0.25) is 5.91 Å². The van der Waals surface area contributed by atoms with Crippen LogP contribution in [0.5, 0.6) is 0 Å². The van der Waals surface area contributed by atoms with Gasteiger partial charge in [-0.05, 0) is 19.9 Å². The Bertz CT molecular complexity index is 993. The number of fused-ring (bicyclic) bond motifs is 1. The van der Waals surface area contributed by atoms with Crippen molar-refractivity contribution in [1.82, 2.24) is 9.97 Å². The molecule has 11 heteroatoms. The highest BCUT2D eigenvalue weighted by Crippen LogP contribution is 2.43. The van der Waals surface area contributed by atoms with Crippen LogP contribution in [0.25, 0.3) is 0 Å². The van der Waals surface area contributed by atoms with Crippen molar-refractivity contribution >= 4 is 34.8 Å². The summed E-state index contributed by atoms with van der Waals surface area (Å²) in [4.78, 5) is 55.4. The Balaban J connectivity index is 2.05. The summed E-state index contributed by atoms with van der Waals surface area (Å²) in [5.74, 6) is -2.21. The van der Waals surface area contributed by atoms with Crippen LogP contribution in [-0.4, -0.2) is 39.3 Å². The first-order valence-corrected chi connectivity index (χ1v) is 8.18. The molecule has 1 aliphatic heterocycles. The summed E-state index contributed by atoms with van der Waals surface area (Å²) < 4.78 is 4.95. The number of anilines is 2. The molecule has 1 atom stereocenters. The van der Waals surface area contributed by atoms with Crippen molar-refractivity contribution in [3.05, 3.63) is 52.1 Å². The van der Waals surface area contributed by atoms with Crippen LogP contribution in [-0.2, 0) is 19.7 Å². The summed E-state index contributed by atoms with van der Waals surface area (Å²) in [6.45, 7) is 2.96. The summed E-state index contributed by atoms with van der Waals surface area (Å²) in [5.41, 5.74) is -2.15. The first-order valence-electron chi connectivity index (χ1n) is 8.18. The first kappa shape index (κ1) is 18.9. The summed E-state index contributed by atoms with van der Waals surface area (Å²) in [6, 6.07) is 2.31. The molecule has 1 unspecified atom stereocenters. The van der Waals surface area contributed by atoms with E-state index < -0.39 is 33.8 Å². The van der Waals surface area contributed by atoms with E-state index in [1.165, 1.54) is 31.6 Å². The van der Waals surface area contributed by atoms with E-state index in [9.17, 15) is 24.5 Å². The zero-order valence-corrected chi connectivity index (χ0v) is 14.9. The minimum absolute atomic E-state index is 0.0438. The van der Waals surface area contributed by atoms with Crippen molar-refractivity contribution in [2.75, 3.05) is 17.2 Å². The lowest BCUT2D eigenvalue weighted by Gasteiger charge is -2.19. The number of nitrogens with one attached hydrogen (secondary N) is 2. The number of carbonyl (C=O) groups excluding carboxylic acids is 3. The molecule has 2 N–H and O–H groups in total. The lowest BCUT2D eigenvalue weighted by molar-refractivity contribution is -0.384. The zero-order valence-electron chi connectivity index (χ0n) is 14.9. The zero-order chi connectivity index (χ0) is 20.5. The van der Waals surface area contributed by atoms with Gasteiger partial charge < -0.3 is 15.4 Å². The number of benzene rings is 1. The molecule has 1 aromatic carbocycles. The van der Waals surface area contributed by atoms with Crippen molar-refractivity contribution in [3.8, 4) is 0 Å². The molecule has 144 valence electrons. The van der Waals surface area contributed by atoms with Gasteiger partial charge in [0, 0.05) is 29.7 Å². The van der Waals surface area contributed by atoms with Crippen molar-refractivity contribution in [3.63, 3.8) is 0 Å². The van der Waals surface area contributed by atoms with Gasteiger partial charge in [-0.25, -0.2) is 4.98 Å². The molecule has 0 aliphatic carbocycles. The van der Waals surface area contributed by atoms with E-state index in [4.69, 9.17) is 4.74 Å². The Kier molecular flexibility index (Phi) is 4.74. The average Bonchev–Trinajstić information content (AvgIpc) is 2.92. The van der Waals surface area contributed by atoms with Gasteiger partial charge in [-0.3, -0.25) is 29.5 Å². The van der Waals surface area contributed by atoms with E-state index in [0.717, 1.165) is 6.07 Å². The van der Waals surface area contributed by atoms with Crippen LogP contribution in [0.15, 0.2) is 30.7 Å². The molecule has 3 rings (SSSR count). The Morgan fingerprint density at radius 1 is 1.36 bits per heavy atom. The predicted molar refractivity (Wildman–Crippen MR) is 95.7 cm³/mol. The quantitative estimate of drug-likeness (QED) is 0.339. The fourth-order valence-corrected chi connectivity index (χ4v) is 2.81. The number of nitrogens with zero attached hydrogens (tertiary/aromatic N) is 3. The minimum Gasteiger partial charge on any atom is -0.465 e. The van der Waals surface area contributed by atoms with Crippen LogP contribution in [0.3, 0.4) is 0 Å². The second-order valence-corrected chi connectivity index (χ2v) is 6.02. The SMILES string of the molecule is CCOC(=O)C1(C)C(=O)Nc2cc(NC(=O)c3cnccn3)c([N+](=O)[O-])cc21. The third-order valence-corrected chi connectivity index (χ3v) is 4.30. The van der Waals surface area contributed by atoms with E-state index >= 15 is 0 Å². The monoisotopic (exact) mass is 385 g/mol. The molecule has 0 radical (unpaired) electrons. The predicted octanol–water partition coefficient (Wildman–Crippen LogP) is 1.41. The molecule has 0 saturated heterocycles. The molecule has 0 saturated carbocycles. The second kappa shape index (κ2) is 7.02. The molecule has 11 nitrogen and oxygen atoms in total. The maximum atomic E-state index is 12.4. The van der Waals surface area contributed by atoms with Gasteiger partial charge in [0.15, 0.2) is 5.41 Å². The number of carbonyl (C=O) groups is 3. The molecule has 1 aliphatic rings. The summed E-state index contributed by atoms with van der Waals surface area (Å²) in [6.07, 6.45) is 3.88. The molecule has 0 bridgehead atoms. The van der Waals surface area contributed by atoms with Gasteiger partial charge in [0.1, 0.15) is 11.4 Å². The van der Waals surface area contributed by atoms with E-state index in [0.29, 0.717) is 0 Å². The molecule has 2 amide bonds. The number of hydrogen-bond donors (Lipinski definition) is 2. The average molecular weight is 385 g/mol. The fourth-order valence-electron chi connectivity index (χ4n) is 2.81. The van der Waals surface area contributed by atoms with Gasteiger partial charge in [0.25, 0.3) is 11.6 Å². The highest BCUT2D eigenvalue weighted by atomic mass is 16.6. The molecule has 1 aromatic heterocycles. The standard InChI is InChI=1S/C17H15N5O6/c1-3-28-16(25)17(2)9-6-13(22(26)27)11(7-10(9)21-15(17)24)20-14(23)12-8-18-4-5-19-12/h4-8H,3H2,1-2H3,(H,20,23)(H,21,24). The summed E-state index contributed by atoms with van der Waals surface area (Å²) >= 11 is 0. The number of aromatic nitrogens is 2. The van der Waals surface area contributed by atoms with Crippen LogP contribution in [0.1, 0.15) is 29.9 Å². The van der Waals surface area contributed by atoms with Crippen LogP contribution in [0.4, 0.5) is 17.1 Å². The van der Waals surface area contributed by atoms with Crippen LogP contribution < -0.4 is 10.6 Å². The van der Waals surface area contributed by atoms with E-state index in [-0.39, 0.29) is 29.2 Å². The largest absolute Gasteiger partial charge is 0.465 e. The number of ether oxygens (including phenoxy) is 1. The fraction of sp³-hybridized carbons (Fsp3) is 0.235. The lowest BCUT2D eigenvalue weighted by atomic mass is 9.83. The maximum absolute atomic E-state index is 12.4. The van der Waals surface area contributed by atoms with E-state index in [1.807, 2.05) is 0 Å². The van der Waals surface area contributed by atoms with Gasteiger partial charge in [-0.2, -0.15) is 0 Å². The maximum Gasteiger partial charge on any atom is 0.326 e. The number of nitro groups is 1. The van der Waals surface area contributed by atoms with Crippen LogP contribution >= 0.6 is 0 Å². The highest BCUT2D eigenvalue weighted by molar-refractivity contribution is 6.19. The Labute approximate surface area is 158 Å². The topological polar surface area (TPSA) is 153 Å². The number of rotatable bonds is 5. The molecular weight excluding hydrogens is 370 g/mol. The van der Waals surface area contributed by atoms with Gasteiger partial charge in [0.05, 0.1) is 17.7 Å². The third kappa shape index (κ3) is 3.02. The second-order valence-electron chi connectivity index (χ2n) is 6.02. The Morgan fingerprint density at radius 3 is 2.71 bits per heavy atom. The minimum atomic E-state index is -1.73. The smallest absolute Gasteiger partial charge is 0.326 e. The number of nitro benzene ring substituents is 1. The van der Waals surface area contributed by atoms with Gasteiger partial charge in [-0.1, -0.05) is 0 Å². The highest BCUT2D eigenvalue weighted by Gasteiger charge is 2.51. The molecule has 28 heavy (non-hydrogen) atoms. The third-order valence-electron chi connectivity index (χ3n) is 4.30. The molecular formula is C17H15N5O6. The van der Waals surface area contributed by atoms with E-state index in [1.54, 1.807) is 6.92 Å². The Hall–Kier alpha value is -3.89.